The Morgan fingerprint density at radius 3 is 2.59 bits per heavy atom. The van der Waals surface area contributed by atoms with Crippen molar-refractivity contribution >= 4 is 16.9 Å². The Hall–Kier alpha value is -3.48. The lowest BCUT2D eigenvalue weighted by molar-refractivity contribution is 0.0952. The van der Waals surface area contributed by atoms with Crippen molar-refractivity contribution in [2.45, 2.75) is 33.4 Å². The monoisotopic (exact) mass is 388 g/mol. The van der Waals surface area contributed by atoms with Crippen LogP contribution in [0.25, 0.3) is 11.0 Å². The molecule has 0 fully saturated rings. The van der Waals surface area contributed by atoms with E-state index in [0.717, 1.165) is 41.0 Å². The number of nitrogens with one attached hydrogen (secondary N) is 1. The Balaban J connectivity index is 1.30. The van der Waals surface area contributed by atoms with Gasteiger partial charge < -0.3 is 5.32 Å². The van der Waals surface area contributed by atoms with Crippen LogP contribution in [-0.2, 0) is 13.1 Å². The summed E-state index contributed by atoms with van der Waals surface area (Å²) >= 11 is 0. The fourth-order valence-corrected chi connectivity index (χ4v) is 3.40. The van der Waals surface area contributed by atoms with Crippen molar-refractivity contribution in [1.29, 1.82) is 0 Å². The number of fused-ring (bicyclic) bond motifs is 1. The molecule has 2 heterocycles. The standard InChI is InChI=1S/C22H24N6O/c1-16-14-17(2)27(25-16)13-5-12-23-22(29)19-10-8-18(9-11-19)15-28-21-7-4-3-6-20(21)24-26-28/h3-4,6-11,14H,5,12-13,15H2,1-2H3,(H,23,29). The van der Waals surface area contributed by atoms with Gasteiger partial charge in [0.25, 0.3) is 5.91 Å². The maximum absolute atomic E-state index is 12.4. The van der Waals surface area contributed by atoms with Crippen LogP contribution in [0.4, 0.5) is 0 Å². The number of carbonyl (C=O) groups is 1. The number of aromatic nitrogens is 5. The lowest BCUT2D eigenvalue weighted by atomic mass is 10.1. The normalized spacial score (nSPS) is 11.1. The van der Waals surface area contributed by atoms with Gasteiger partial charge in [-0.05, 0) is 56.2 Å². The zero-order chi connectivity index (χ0) is 20.2. The first-order valence-electron chi connectivity index (χ1n) is 9.76. The van der Waals surface area contributed by atoms with Crippen LogP contribution < -0.4 is 5.32 Å². The molecule has 2 aromatic heterocycles. The molecule has 7 heteroatoms. The smallest absolute Gasteiger partial charge is 0.251 e. The highest BCUT2D eigenvalue weighted by Crippen LogP contribution is 2.13. The topological polar surface area (TPSA) is 77.6 Å². The fourth-order valence-electron chi connectivity index (χ4n) is 3.40. The van der Waals surface area contributed by atoms with E-state index in [4.69, 9.17) is 0 Å². The number of benzene rings is 2. The van der Waals surface area contributed by atoms with Crippen molar-refractivity contribution in [3.05, 3.63) is 77.1 Å². The third kappa shape index (κ3) is 4.34. The molecule has 0 unspecified atom stereocenters. The lowest BCUT2D eigenvalue weighted by Gasteiger charge is -2.08. The summed E-state index contributed by atoms with van der Waals surface area (Å²) in [6.07, 6.45) is 0.838. The van der Waals surface area contributed by atoms with Gasteiger partial charge in [-0.15, -0.1) is 5.10 Å². The summed E-state index contributed by atoms with van der Waals surface area (Å²) in [4.78, 5) is 12.4. The van der Waals surface area contributed by atoms with Gasteiger partial charge in [0.15, 0.2) is 0 Å². The SMILES string of the molecule is Cc1cc(C)n(CCCNC(=O)c2ccc(Cn3nnc4ccccc43)cc2)n1. The predicted molar refractivity (Wildman–Crippen MR) is 112 cm³/mol. The van der Waals surface area contributed by atoms with Crippen molar-refractivity contribution in [2.24, 2.45) is 0 Å². The molecule has 0 aliphatic rings. The minimum absolute atomic E-state index is 0.0591. The van der Waals surface area contributed by atoms with E-state index in [9.17, 15) is 4.79 Å². The van der Waals surface area contributed by atoms with Crippen LogP contribution in [0.15, 0.2) is 54.6 Å². The van der Waals surface area contributed by atoms with Gasteiger partial charge >= 0.3 is 0 Å². The molecule has 0 atom stereocenters. The lowest BCUT2D eigenvalue weighted by Crippen LogP contribution is -2.25. The molecule has 1 amide bonds. The summed E-state index contributed by atoms with van der Waals surface area (Å²) in [6.45, 7) is 6.06. The van der Waals surface area contributed by atoms with Gasteiger partial charge in [-0.2, -0.15) is 5.10 Å². The average molecular weight is 388 g/mol. The van der Waals surface area contributed by atoms with Gasteiger partial charge in [0.05, 0.1) is 17.8 Å². The summed E-state index contributed by atoms with van der Waals surface area (Å²) in [5, 5.41) is 15.8. The van der Waals surface area contributed by atoms with E-state index >= 15 is 0 Å². The number of nitrogens with zero attached hydrogens (tertiary/aromatic N) is 5. The molecule has 0 aliphatic carbocycles. The molecular formula is C22H24N6O. The molecule has 4 aromatic rings. The first-order valence-corrected chi connectivity index (χ1v) is 9.76. The summed E-state index contributed by atoms with van der Waals surface area (Å²) in [7, 11) is 0. The van der Waals surface area contributed by atoms with Crippen molar-refractivity contribution < 1.29 is 4.79 Å². The van der Waals surface area contributed by atoms with E-state index in [1.807, 2.05) is 71.7 Å². The minimum Gasteiger partial charge on any atom is -0.352 e. The van der Waals surface area contributed by atoms with Gasteiger partial charge in [0.2, 0.25) is 0 Å². The van der Waals surface area contributed by atoms with E-state index in [1.165, 1.54) is 0 Å². The number of hydrogen-bond acceptors (Lipinski definition) is 4. The quantitative estimate of drug-likeness (QED) is 0.494. The zero-order valence-corrected chi connectivity index (χ0v) is 16.7. The maximum Gasteiger partial charge on any atom is 0.251 e. The van der Waals surface area contributed by atoms with Crippen molar-refractivity contribution in [1.82, 2.24) is 30.1 Å². The van der Waals surface area contributed by atoms with Gasteiger partial charge in [-0.1, -0.05) is 29.5 Å². The molecule has 0 spiro atoms. The van der Waals surface area contributed by atoms with Gasteiger partial charge in [-0.3, -0.25) is 9.48 Å². The molecule has 1 N–H and O–H groups in total. The van der Waals surface area contributed by atoms with Gasteiger partial charge in [0.1, 0.15) is 5.52 Å². The first kappa shape index (κ1) is 18.9. The molecule has 29 heavy (non-hydrogen) atoms. The summed E-state index contributed by atoms with van der Waals surface area (Å²) in [5.41, 5.74) is 5.76. The van der Waals surface area contributed by atoms with E-state index in [0.29, 0.717) is 18.7 Å². The van der Waals surface area contributed by atoms with Crippen LogP contribution >= 0.6 is 0 Å². The molecule has 7 nitrogen and oxygen atoms in total. The second-order valence-electron chi connectivity index (χ2n) is 7.19. The molecular weight excluding hydrogens is 364 g/mol. The number of carbonyl (C=O) groups excluding carboxylic acids is 1. The highest BCUT2D eigenvalue weighted by Gasteiger charge is 2.08. The largest absolute Gasteiger partial charge is 0.352 e. The number of hydrogen-bond donors (Lipinski definition) is 1. The van der Waals surface area contributed by atoms with Crippen molar-refractivity contribution in [3.8, 4) is 0 Å². The van der Waals surface area contributed by atoms with Crippen molar-refractivity contribution in [2.75, 3.05) is 6.54 Å². The Morgan fingerprint density at radius 2 is 1.83 bits per heavy atom. The van der Waals surface area contributed by atoms with Crippen LogP contribution in [0.3, 0.4) is 0 Å². The Morgan fingerprint density at radius 1 is 1.03 bits per heavy atom. The Labute approximate surface area is 169 Å². The predicted octanol–water partition coefficient (Wildman–Crippen LogP) is 3.11. The van der Waals surface area contributed by atoms with E-state index in [-0.39, 0.29) is 5.91 Å². The Bertz CT molecular complexity index is 1130. The first-order chi connectivity index (χ1) is 14.1. The summed E-state index contributed by atoms with van der Waals surface area (Å²) in [5.74, 6) is -0.0591. The molecule has 0 radical (unpaired) electrons. The number of amides is 1. The van der Waals surface area contributed by atoms with E-state index in [1.54, 1.807) is 0 Å². The second kappa shape index (κ2) is 8.26. The maximum atomic E-state index is 12.4. The highest BCUT2D eigenvalue weighted by molar-refractivity contribution is 5.94. The molecule has 0 aliphatic heterocycles. The molecule has 148 valence electrons. The van der Waals surface area contributed by atoms with Crippen LogP contribution in [0.5, 0.6) is 0 Å². The molecule has 0 bridgehead atoms. The second-order valence-corrected chi connectivity index (χ2v) is 7.19. The minimum atomic E-state index is -0.0591. The van der Waals surface area contributed by atoms with Crippen molar-refractivity contribution in [3.63, 3.8) is 0 Å². The average Bonchev–Trinajstić information content (AvgIpc) is 3.28. The van der Waals surface area contributed by atoms with Crippen LogP contribution in [0.2, 0.25) is 0 Å². The summed E-state index contributed by atoms with van der Waals surface area (Å²) < 4.78 is 3.84. The van der Waals surface area contributed by atoms with Gasteiger partial charge in [-0.25, -0.2) is 4.68 Å². The summed E-state index contributed by atoms with van der Waals surface area (Å²) in [6, 6.07) is 17.6. The van der Waals surface area contributed by atoms with Crippen LogP contribution in [0, 0.1) is 13.8 Å². The number of aryl methyl sites for hydroxylation is 3. The van der Waals surface area contributed by atoms with Crippen LogP contribution in [0.1, 0.15) is 33.7 Å². The van der Waals surface area contributed by atoms with E-state index < -0.39 is 0 Å². The fraction of sp³-hybridized carbons (Fsp3) is 0.273. The Kier molecular flexibility index (Phi) is 5.37. The molecule has 2 aromatic carbocycles. The van der Waals surface area contributed by atoms with Crippen LogP contribution in [-0.4, -0.2) is 37.2 Å². The van der Waals surface area contributed by atoms with E-state index in [2.05, 4.69) is 26.8 Å². The molecule has 0 saturated heterocycles. The number of para-hydroxylation sites is 1. The zero-order valence-electron chi connectivity index (χ0n) is 16.7. The highest BCUT2D eigenvalue weighted by atomic mass is 16.1. The third-order valence-corrected chi connectivity index (χ3v) is 4.90. The molecule has 0 saturated carbocycles. The van der Waals surface area contributed by atoms with Gasteiger partial charge in [0, 0.05) is 24.3 Å². The number of rotatable bonds is 7. The third-order valence-electron chi connectivity index (χ3n) is 4.90. The molecule has 4 rings (SSSR count).